The first-order valence-corrected chi connectivity index (χ1v) is 12.3. The minimum Gasteiger partial charge on any atom is -0.477 e. The van der Waals surface area contributed by atoms with Gasteiger partial charge in [-0.15, -0.1) is 11.8 Å². The number of aliphatic hydroxyl groups is 1. The summed E-state index contributed by atoms with van der Waals surface area (Å²) in [7, 11) is 0. The number of rotatable bonds is 7. The molecule has 1 aromatic rings. The van der Waals surface area contributed by atoms with Crippen LogP contribution in [0.1, 0.15) is 43.9 Å². The Kier molecular flexibility index (Phi) is 6.46. The van der Waals surface area contributed by atoms with Crippen molar-refractivity contribution in [2.75, 3.05) is 6.54 Å². The van der Waals surface area contributed by atoms with Crippen LogP contribution in [0.4, 0.5) is 0 Å². The first kappa shape index (κ1) is 24.0. The number of β-lactam (4-membered cyclic amide) rings is 1. The molecule has 6 atom stereocenters. The Bertz CT molecular complexity index is 1040. The van der Waals surface area contributed by atoms with E-state index in [9.17, 15) is 24.6 Å². The van der Waals surface area contributed by atoms with Crippen molar-refractivity contribution in [3.8, 4) is 0 Å². The number of carbonyl (C=O) groups excluding carboxylic acids is 2. The summed E-state index contributed by atoms with van der Waals surface area (Å²) in [6.45, 7) is 10.6. The predicted molar refractivity (Wildman–Crippen MR) is 126 cm³/mol. The normalized spacial score (nSPS) is 30.4. The number of aliphatic carboxylic acids is 1. The maximum atomic E-state index is 12.6. The van der Waals surface area contributed by atoms with E-state index in [1.807, 2.05) is 6.92 Å². The van der Waals surface area contributed by atoms with Crippen LogP contribution in [0.3, 0.4) is 0 Å². The second-order valence-electron chi connectivity index (χ2n) is 9.73. The van der Waals surface area contributed by atoms with Crippen molar-refractivity contribution >= 4 is 29.4 Å². The molecule has 2 N–H and O–H groups in total. The number of carboxylic acid groups (broad SMARTS) is 1. The zero-order valence-corrected chi connectivity index (χ0v) is 20.6. The number of likely N-dealkylation sites (tertiary alicyclic amines) is 1. The summed E-state index contributed by atoms with van der Waals surface area (Å²) >= 11 is 1.49. The number of hydrogen-bond donors (Lipinski definition) is 2. The number of benzene rings is 1. The Morgan fingerprint density at radius 1 is 1.27 bits per heavy atom. The molecule has 6 unspecified atom stereocenters. The minimum absolute atomic E-state index is 0.0479. The average Bonchev–Trinajstić information content (AvgIpc) is 3.22. The Morgan fingerprint density at radius 2 is 1.97 bits per heavy atom. The van der Waals surface area contributed by atoms with Crippen molar-refractivity contribution < 1.29 is 24.6 Å². The second-order valence-corrected chi connectivity index (χ2v) is 11.1. The number of aryl methyl sites for hydroxylation is 2. The van der Waals surface area contributed by atoms with Crippen LogP contribution in [-0.2, 0) is 20.9 Å². The summed E-state index contributed by atoms with van der Waals surface area (Å²) in [6, 6.07) is 5.80. The molecule has 7 nitrogen and oxygen atoms in total. The molecule has 1 aromatic carbocycles. The molecule has 8 heteroatoms. The number of thioether (sulfide) groups is 1. The third-order valence-corrected chi connectivity index (χ3v) is 8.81. The highest BCUT2D eigenvalue weighted by Gasteiger charge is 2.60. The summed E-state index contributed by atoms with van der Waals surface area (Å²) in [5.74, 6) is -2.05. The van der Waals surface area contributed by atoms with Gasteiger partial charge in [0.25, 0.3) is 0 Å². The minimum atomic E-state index is -1.11. The number of nitrogens with zero attached hydrogens (tertiary/aromatic N) is 2. The van der Waals surface area contributed by atoms with Crippen molar-refractivity contribution in [2.45, 2.75) is 71.0 Å². The van der Waals surface area contributed by atoms with E-state index < -0.39 is 18.0 Å². The molecule has 4 rings (SSSR count). The van der Waals surface area contributed by atoms with Crippen LogP contribution < -0.4 is 0 Å². The van der Waals surface area contributed by atoms with E-state index in [-0.39, 0.29) is 40.6 Å². The molecule has 0 aliphatic carbocycles. The fourth-order valence-electron chi connectivity index (χ4n) is 5.59. The summed E-state index contributed by atoms with van der Waals surface area (Å²) in [6.07, 6.45) is -0.172. The van der Waals surface area contributed by atoms with Crippen LogP contribution in [0.25, 0.3) is 0 Å². The molecule has 0 saturated carbocycles. The lowest BCUT2D eigenvalue weighted by atomic mass is 9.79. The monoisotopic (exact) mass is 472 g/mol. The molecule has 33 heavy (non-hydrogen) atoms. The summed E-state index contributed by atoms with van der Waals surface area (Å²) in [4.78, 5) is 41.4. The molecular weight excluding hydrogens is 440 g/mol. The third-order valence-electron chi connectivity index (χ3n) is 7.32. The second kappa shape index (κ2) is 8.89. The van der Waals surface area contributed by atoms with E-state index in [1.165, 1.54) is 33.4 Å². The predicted octanol–water partition coefficient (Wildman–Crippen LogP) is 2.72. The van der Waals surface area contributed by atoms with Gasteiger partial charge < -0.3 is 15.1 Å². The van der Waals surface area contributed by atoms with Crippen LogP contribution in [-0.4, -0.2) is 67.7 Å². The number of carbonyl (C=O) groups is 3. The topological polar surface area (TPSA) is 98.2 Å². The van der Waals surface area contributed by atoms with E-state index in [4.69, 9.17) is 0 Å². The van der Waals surface area contributed by atoms with Gasteiger partial charge >= 0.3 is 5.97 Å². The molecule has 0 aromatic heterocycles. The van der Waals surface area contributed by atoms with Gasteiger partial charge in [0.05, 0.1) is 24.1 Å². The quantitative estimate of drug-likeness (QED) is 0.589. The SMILES string of the molecule is CC(=O)C1CC(SC2=C(C(=O)O)N3C(=O)C(C(C)O)C3C2C)CN1Cc1cc(C)ccc1C. The number of Topliss-reactive ketones (excluding diaryl/α,β-unsaturated/α-hetero) is 1. The van der Waals surface area contributed by atoms with E-state index in [1.54, 1.807) is 13.8 Å². The van der Waals surface area contributed by atoms with E-state index >= 15 is 0 Å². The van der Waals surface area contributed by atoms with Gasteiger partial charge in [-0.1, -0.05) is 30.7 Å². The molecular formula is C25H32N2O5S. The van der Waals surface area contributed by atoms with Gasteiger partial charge in [-0.3, -0.25) is 14.5 Å². The van der Waals surface area contributed by atoms with Crippen molar-refractivity contribution in [3.05, 3.63) is 45.5 Å². The Labute approximate surface area is 198 Å². The van der Waals surface area contributed by atoms with Gasteiger partial charge in [0.15, 0.2) is 0 Å². The molecule has 1 amide bonds. The van der Waals surface area contributed by atoms with E-state index in [0.29, 0.717) is 24.4 Å². The molecule has 2 fully saturated rings. The molecule has 2 saturated heterocycles. The summed E-state index contributed by atoms with van der Waals surface area (Å²) < 4.78 is 0. The summed E-state index contributed by atoms with van der Waals surface area (Å²) in [5.41, 5.74) is 3.61. The maximum Gasteiger partial charge on any atom is 0.353 e. The zero-order chi connectivity index (χ0) is 24.2. The van der Waals surface area contributed by atoms with Crippen LogP contribution in [0.5, 0.6) is 0 Å². The summed E-state index contributed by atoms with van der Waals surface area (Å²) in [5, 5.41) is 20.0. The molecule has 0 bridgehead atoms. The number of fused-ring (bicyclic) bond motifs is 1. The number of amides is 1. The smallest absolute Gasteiger partial charge is 0.353 e. The molecule has 3 aliphatic rings. The van der Waals surface area contributed by atoms with Gasteiger partial charge in [0, 0.05) is 29.2 Å². The highest BCUT2D eigenvalue weighted by Crippen LogP contribution is 2.52. The number of carboxylic acids is 1. The Hall–Kier alpha value is -2.16. The van der Waals surface area contributed by atoms with Crippen molar-refractivity contribution in [1.29, 1.82) is 0 Å². The van der Waals surface area contributed by atoms with Crippen LogP contribution in [0.15, 0.2) is 28.8 Å². The fraction of sp³-hybridized carbons (Fsp3) is 0.560. The van der Waals surface area contributed by atoms with E-state index in [2.05, 4.69) is 36.9 Å². The zero-order valence-electron chi connectivity index (χ0n) is 19.7. The fourth-order valence-corrected chi connectivity index (χ4v) is 7.15. The Morgan fingerprint density at radius 3 is 2.58 bits per heavy atom. The van der Waals surface area contributed by atoms with Crippen LogP contribution in [0, 0.1) is 25.7 Å². The maximum absolute atomic E-state index is 12.6. The highest BCUT2D eigenvalue weighted by molar-refractivity contribution is 8.03. The van der Waals surface area contributed by atoms with Gasteiger partial charge in [0.2, 0.25) is 5.91 Å². The van der Waals surface area contributed by atoms with Crippen molar-refractivity contribution in [2.24, 2.45) is 11.8 Å². The van der Waals surface area contributed by atoms with Crippen LogP contribution >= 0.6 is 11.8 Å². The lowest BCUT2D eigenvalue weighted by Gasteiger charge is -2.46. The molecule has 178 valence electrons. The largest absolute Gasteiger partial charge is 0.477 e. The van der Waals surface area contributed by atoms with Gasteiger partial charge in [0.1, 0.15) is 11.5 Å². The Balaban J connectivity index is 1.56. The lowest BCUT2D eigenvalue weighted by molar-refractivity contribution is -0.163. The van der Waals surface area contributed by atoms with Crippen molar-refractivity contribution in [3.63, 3.8) is 0 Å². The highest BCUT2D eigenvalue weighted by atomic mass is 32.2. The van der Waals surface area contributed by atoms with Crippen LogP contribution in [0.2, 0.25) is 0 Å². The van der Waals surface area contributed by atoms with Gasteiger partial charge in [-0.2, -0.15) is 0 Å². The first-order chi connectivity index (χ1) is 15.5. The van der Waals surface area contributed by atoms with E-state index in [0.717, 1.165) is 0 Å². The molecule has 3 heterocycles. The third kappa shape index (κ3) is 4.13. The standard InChI is InChI=1S/C25H32N2O5S/c1-12-6-7-13(2)17(8-12)10-26-11-18(9-19(26)15(4)28)33-23-14(3)21-20(16(5)29)24(30)27(21)22(23)25(31)32/h6-8,14,16,18-21,29H,9-11H2,1-5H3,(H,31,32). The lowest BCUT2D eigenvalue weighted by Crippen LogP contribution is -2.63. The number of hydrogen-bond acceptors (Lipinski definition) is 6. The first-order valence-electron chi connectivity index (χ1n) is 11.5. The number of ketones is 1. The average molecular weight is 473 g/mol. The van der Waals surface area contributed by atoms with Gasteiger partial charge in [-0.25, -0.2) is 4.79 Å². The molecule has 0 radical (unpaired) electrons. The molecule has 3 aliphatic heterocycles. The van der Waals surface area contributed by atoms with Crippen molar-refractivity contribution in [1.82, 2.24) is 9.80 Å². The number of aliphatic hydroxyl groups excluding tert-OH is 1. The van der Waals surface area contributed by atoms with Gasteiger partial charge in [-0.05, 0) is 45.2 Å². The molecule has 0 spiro atoms.